The van der Waals surface area contributed by atoms with Crippen LogP contribution in [0.5, 0.6) is 0 Å². The Morgan fingerprint density at radius 2 is 1.93 bits per heavy atom. The molecule has 1 aliphatic heterocycles. The smallest absolute Gasteiger partial charge is 0.352 e. The number of hydrogen-bond donors (Lipinski definition) is 1. The predicted octanol–water partition coefficient (Wildman–Crippen LogP) is 2.08. The summed E-state index contributed by atoms with van der Waals surface area (Å²) in [6.07, 6.45) is 6.03. The van der Waals surface area contributed by atoms with Gasteiger partial charge in [0.05, 0.1) is 0 Å². The van der Waals surface area contributed by atoms with Gasteiger partial charge in [-0.25, -0.2) is 13.9 Å². The van der Waals surface area contributed by atoms with Crippen molar-refractivity contribution in [3.8, 4) is 0 Å². The van der Waals surface area contributed by atoms with Gasteiger partial charge in [-0.05, 0) is 43.4 Å². The second-order valence-electron chi connectivity index (χ2n) is 7.00. The van der Waals surface area contributed by atoms with Crippen LogP contribution < -0.4 is 15.9 Å². The highest BCUT2D eigenvalue weighted by Crippen LogP contribution is 2.17. The van der Waals surface area contributed by atoms with Gasteiger partial charge >= 0.3 is 5.69 Å². The van der Waals surface area contributed by atoms with E-state index in [2.05, 4.69) is 20.3 Å². The van der Waals surface area contributed by atoms with Gasteiger partial charge in [0.1, 0.15) is 12.4 Å². The Morgan fingerprint density at radius 3 is 2.71 bits per heavy atom. The number of nitrogens with zero attached hydrogens (tertiary/aromatic N) is 5. The maximum absolute atomic E-state index is 12.6. The molecular formula is C20H24N6O2. The first-order valence-corrected chi connectivity index (χ1v) is 9.74. The molecule has 1 N–H and O–H groups in total. The second kappa shape index (κ2) is 7.84. The second-order valence-corrected chi connectivity index (χ2v) is 7.00. The van der Waals surface area contributed by atoms with Gasteiger partial charge in [0.2, 0.25) is 5.91 Å². The van der Waals surface area contributed by atoms with Crippen molar-refractivity contribution in [1.29, 1.82) is 0 Å². The van der Waals surface area contributed by atoms with Crippen LogP contribution in [0, 0.1) is 0 Å². The van der Waals surface area contributed by atoms with E-state index in [4.69, 9.17) is 0 Å². The Balaban J connectivity index is 1.54. The summed E-state index contributed by atoms with van der Waals surface area (Å²) >= 11 is 0. The molecule has 0 radical (unpaired) electrons. The van der Waals surface area contributed by atoms with E-state index in [1.165, 1.54) is 10.8 Å². The molecule has 0 atom stereocenters. The van der Waals surface area contributed by atoms with E-state index in [9.17, 15) is 9.59 Å². The molecule has 1 amide bonds. The van der Waals surface area contributed by atoms with Gasteiger partial charge in [-0.15, -0.1) is 5.10 Å². The average molecular weight is 380 g/mol. The van der Waals surface area contributed by atoms with Crippen LogP contribution in [0.15, 0.2) is 41.3 Å². The number of fused-ring (bicyclic) bond motifs is 1. The van der Waals surface area contributed by atoms with Crippen molar-refractivity contribution in [2.75, 3.05) is 23.3 Å². The van der Waals surface area contributed by atoms with Crippen LogP contribution >= 0.6 is 0 Å². The van der Waals surface area contributed by atoms with Crippen LogP contribution in [0.3, 0.4) is 0 Å². The third-order valence-corrected chi connectivity index (χ3v) is 5.09. The molecule has 1 saturated heterocycles. The molecule has 3 aromatic rings. The van der Waals surface area contributed by atoms with E-state index in [1.54, 1.807) is 6.20 Å². The van der Waals surface area contributed by atoms with Crippen molar-refractivity contribution < 1.29 is 4.79 Å². The number of piperidine rings is 1. The molecule has 1 aromatic carbocycles. The summed E-state index contributed by atoms with van der Waals surface area (Å²) < 4.78 is 2.53. The fraction of sp³-hybridized carbons (Fsp3) is 0.400. The fourth-order valence-corrected chi connectivity index (χ4v) is 3.57. The van der Waals surface area contributed by atoms with Crippen molar-refractivity contribution in [1.82, 2.24) is 19.2 Å². The molecule has 0 aliphatic carbocycles. The van der Waals surface area contributed by atoms with Gasteiger partial charge < -0.3 is 10.2 Å². The monoisotopic (exact) mass is 380 g/mol. The number of carbonyl (C=O) groups excluding carboxylic acids is 1. The minimum Gasteiger partial charge on any atom is -0.356 e. The summed E-state index contributed by atoms with van der Waals surface area (Å²) in [4.78, 5) is 31.7. The zero-order valence-electron chi connectivity index (χ0n) is 16.0. The lowest BCUT2D eigenvalue weighted by Crippen LogP contribution is -2.30. The number of carbonyl (C=O) groups is 1. The molecule has 1 fully saturated rings. The number of hydrogen-bond acceptors (Lipinski definition) is 5. The van der Waals surface area contributed by atoms with E-state index in [-0.39, 0.29) is 18.1 Å². The van der Waals surface area contributed by atoms with Crippen LogP contribution in [0.2, 0.25) is 0 Å². The SMILES string of the molecule is CCc1ccccc1NC(=O)Cn1nc2nc(N3CCCCC3)ccn2c1=O. The first kappa shape index (κ1) is 18.2. The minimum absolute atomic E-state index is 0.153. The van der Waals surface area contributed by atoms with Crippen molar-refractivity contribution in [2.45, 2.75) is 39.2 Å². The number of amides is 1. The Kier molecular flexibility index (Phi) is 5.10. The van der Waals surface area contributed by atoms with Gasteiger partial charge in [-0.1, -0.05) is 25.1 Å². The minimum atomic E-state index is -0.369. The highest BCUT2D eigenvalue weighted by atomic mass is 16.2. The summed E-state index contributed by atoms with van der Waals surface area (Å²) in [5.41, 5.74) is 1.44. The largest absolute Gasteiger partial charge is 0.356 e. The Hall–Kier alpha value is -3.16. The number of benzene rings is 1. The molecule has 4 rings (SSSR count). The lowest BCUT2D eigenvalue weighted by atomic mass is 10.1. The maximum atomic E-state index is 12.6. The molecule has 2 aromatic heterocycles. The highest BCUT2D eigenvalue weighted by Gasteiger charge is 2.16. The molecule has 0 unspecified atom stereocenters. The fourth-order valence-electron chi connectivity index (χ4n) is 3.57. The lowest BCUT2D eigenvalue weighted by molar-refractivity contribution is -0.117. The number of nitrogens with one attached hydrogen (secondary N) is 1. The molecule has 0 saturated carbocycles. The number of aromatic nitrogens is 4. The van der Waals surface area contributed by atoms with Gasteiger partial charge in [-0.2, -0.15) is 4.98 Å². The summed E-state index contributed by atoms with van der Waals surface area (Å²) in [5, 5.41) is 7.13. The predicted molar refractivity (Wildman–Crippen MR) is 108 cm³/mol. The molecule has 8 nitrogen and oxygen atoms in total. The first-order valence-electron chi connectivity index (χ1n) is 9.74. The summed E-state index contributed by atoms with van der Waals surface area (Å²) in [6, 6.07) is 9.47. The molecule has 1 aliphatic rings. The van der Waals surface area contributed by atoms with Gasteiger partial charge in [0.25, 0.3) is 5.78 Å². The maximum Gasteiger partial charge on any atom is 0.352 e. The summed E-state index contributed by atoms with van der Waals surface area (Å²) in [5.74, 6) is 0.850. The lowest BCUT2D eigenvalue weighted by Gasteiger charge is -2.27. The molecular weight excluding hydrogens is 356 g/mol. The Bertz CT molecular complexity index is 1050. The zero-order chi connectivity index (χ0) is 19.5. The zero-order valence-corrected chi connectivity index (χ0v) is 16.0. The average Bonchev–Trinajstić information content (AvgIpc) is 3.03. The molecule has 28 heavy (non-hydrogen) atoms. The molecule has 146 valence electrons. The van der Waals surface area contributed by atoms with E-state index in [0.29, 0.717) is 5.78 Å². The van der Waals surface area contributed by atoms with Gasteiger partial charge in [-0.3, -0.25) is 4.79 Å². The van der Waals surface area contributed by atoms with Crippen LogP contribution in [0.1, 0.15) is 31.7 Å². The van der Waals surface area contributed by atoms with Crippen LogP contribution in [-0.4, -0.2) is 38.2 Å². The number of anilines is 2. The third kappa shape index (κ3) is 3.62. The number of rotatable bonds is 5. The number of aryl methyl sites for hydroxylation is 1. The van der Waals surface area contributed by atoms with E-state index < -0.39 is 0 Å². The van der Waals surface area contributed by atoms with E-state index in [1.807, 2.05) is 37.3 Å². The Labute approximate surface area is 162 Å². The number of para-hydroxylation sites is 1. The van der Waals surface area contributed by atoms with Crippen molar-refractivity contribution >= 4 is 23.2 Å². The first-order chi connectivity index (χ1) is 13.7. The van der Waals surface area contributed by atoms with Gasteiger partial charge in [0.15, 0.2) is 0 Å². The van der Waals surface area contributed by atoms with Crippen LogP contribution in [-0.2, 0) is 17.8 Å². The summed E-state index contributed by atoms with van der Waals surface area (Å²) in [6.45, 7) is 3.81. The summed E-state index contributed by atoms with van der Waals surface area (Å²) in [7, 11) is 0. The Morgan fingerprint density at radius 1 is 1.14 bits per heavy atom. The van der Waals surface area contributed by atoms with E-state index in [0.717, 1.165) is 54.1 Å². The van der Waals surface area contributed by atoms with Crippen LogP contribution in [0.25, 0.3) is 5.78 Å². The standard InChI is InChI=1S/C20H24N6O2/c1-2-15-8-4-5-9-16(15)21-18(27)14-26-20(28)25-13-10-17(22-19(25)23-26)24-11-6-3-7-12-24/h4-5,8-10,13H,2-3,6-7,11-12,14H2,1H3,(H,21,27). The molecule has 8 heteroatoms. The van der Waals surface area contributed by atoms with Crippen molar-refractivity contribution in [2.24, 2.45) is 0 Å². The normalized spacial score (nSPS) is 14.4. The molecule has 0 bridgehead atoms. The third-order valence-electron chi connectivity index (χ3n) is 5.09. The van der Waals surface area contributed by atoms with E-state index >= 15 is 0 Å². The topological polar surface area (TPSA) is 84.5 Å². The molecule has 3 heterocycles. The quantitative estimate of drug-likeness (QED) is 0.733. The van der Waals surface area contributed by atoms with Crippen molar-refractivity contribution in [3.05, 3.63) is 52.6 Å². The molecule has 0 spiro atoms. The highest BCUT2D eigenvalue weighted by molar-refractivity contribution is 5.91. The van der Waals surface area contributed by atoms with Gasteiger partial charge in [0, 0.05) is 25.0 Å². The van der Waals surface area contributed by atoms with Crippen LogP contribution in [0.4, 0.5) is 11.5 Å². The van der Waals surface area contributed by atoms with Crippen molar-refractivity contribution in [3.63, 3.8) is 0 Å².